The van der Waals surface area contributed by atoms with Crippen LogP contribution in [0.2, 0.25) is 5.02 Å². The Kier molecular flexibility index (Phi) is 6.42. The highest BCUT2D eigenvalue weighted by Crippen LogP contribution is 2.26. The third-order valence-electron chi connectivity index (χ3n) is 3.10. The van der Waals surface area contributed by atoms with Crippen LogP contribution < -0.4 is 5.32 Å². The number of ether oxygens (including phenoxy) is 1. The van der Waals surface area contributed by atoms with Gasteiger partial charge in [0.1, 0.15) is 0 Å². The van der Waals surface area contributed by atoms with Crippen LogP contribution in [-0.2, 0) is 21.3 Å². The van der Waals surface area contributed by atoms with Gasteiger partial charge in [-0.2, -0.15) is 4.31 Å². The molecule has 7 heteroatoms. The number of sulfonamides is 1. The average molecular weight is 321 g/mol. The molecule has 0 fully saturated rings. The van der Waals surface area contributed by atoms with Crippen LogP contribution >= 0.6 is 11.6 Å². The summed E-state index contributed by atoms with van der Waals surface area (Å²) >= 11 is 6.04. The lowest BCUT2D eigenvalue weighted by Gasteiger charge is -2.20. The van der Waals surface area contributed by atoms with Crippen molar-refractivity contribution in [2.24, 2.45) is 0 Å². The van der Waals surface area contributed by atoms with Crippen LogP contribution in [0, 0.1) is 6.92 Å². The van der Waals surface area contributed by atoms with Gasteiger partial charge in [0.05, 0.1) is 11.5 Å². The zero-order chi connectivity index (χ0) is 15.3. The van der Waals surface area contributed by atoms with Crippen LogP contribution in [0.4, 0.5) is 0 Å². The molecule has 20 heavy (non-hydrogen) atoms. The minimum Gasteiger partial charge on any atom is -0.383 e. The Labute approximate surface area is 125 Å². The summed E-state index contributed by atoms with van der Waals surface area (Å²) in [6.45, 7) is 3.00. The van der Waals surface area contributed by atoms with Gasteiger partial charge in [0.15, 0.2) is 0 Å². The first-order chi connectivity index (χ1) is 9.34. The number of benzene rings is 1. The summed E-state index contributed by atoms with van der Waals surface area (Å²) < 4.78 is 31.3. The number of halogens is 1. The molecule has 0 aromatic heterocycles. The second kappa shape index (κ2) is 7.38. The quantitative estimate of drug-likeness (QED) is 0.829. The standard InChI is InChI=1S/C13H21ClN2O3S/c1-10-11(9-15-2)7-12(14)8-13(10)20(17,18)16(3)5-6-19-4/h7-8,15H,5-6,9H2,1-4H3. The van der Waals surface area contributed by atoms with E-state index in [4.69, 9.17) is 16.3 Å². The lowest BCUT2D eigenvalue weighted by atomic mass is 10.1. The normalized spacial score (nSPS) is 12.1. The van der Waals surface area contributed by atoms with E-state index < -0.39 is 10.0 Å². The Morgan fingerprint density at radius 3 is 2.60 bits per heavy atom. The molecule has 0 amide bonds. The van der Waals surface area contributed by atoms with E-state index in [0.717, 1.165) is 5.56 Å². The van der Waals surface area contributed by atoms with Gasteiger partial charge in [-0.1, -0.05) is 11.6 Å². The Morgan fingerprint density at radius 2 is 2.05 bits per heavy atom. The number of methoxy groups -OCH3 is 1. The van der Waals surface area contributed by atoms with Gasteiger partial charge in [0.2, 0.25) is 10.0 Å². The van der Waals surface area contributed by atoms with Gasteiger partial charge in [-0.3, -0.25) is 0 Å². The first-order valence-electron chi connectivity index (χ1n) is 6.23. The van der Waals surface area contributed by atoms with Crippen molar-refractivity contribution >= 4 is 21.6 Å². The maximum atomic E-state index is 12.6. The number of nitrogens with one attached hydrogen (secondary N) is 1. The fourth-order valence-electron chi connectivity index (χ4n) is 1.86. The monoisotopic (exact) mass is 320 g/mol. The minimum absolute atomic E-state index is 0.244. The molecule has 0 aliphatic heterocycles. The molecule has 0 saturated carbocycles. The third-order valence-corrected chi connectivity index (χ3v) is 5.30. The van der Waals surface area contributed by atoms with Crippen molar-refractivity contribution in [2.75, 3.05) is 34.4 Å². The van der Waals surface area contributed by atoms with Gasteiger partial charge in [-0.15, -0.1) is 0 Å². The molecule has 0 unspecified atom stereocenters. The first kappa shape index (κ1) is 17.4. The van der Waals surface area contributed by atoms with Crippen molar-refractivity contribution < 1.29 is 13.2 Å². The summed E-state index contributed by atoms with van der Waals surface area (Å²) in [5.41, 5.74) is 1.59. The molecule has 5 nitrogen and oxygen atoms in total. The Balaban J connectivity index is 3.24. The van der Waals surface area contributed by atoms with Crippen molar-refractivity contribution in [1.82, 2.24) is 9.62 Å². The zero-order valence-corrected chi connectivity index (χ0v) is 13.8. The highest BCUT2D eigenvalue weighted by atomic mass is 35.5. The Morgan fingerprint density at radius 1 is 1.40 bits per heavy atom. The second-order valence-electron chi connectivity index (χ2n) is 4.54. The molecule has 1 rings (SSSR count). The molecule has 0 saturated heterocycles. The summed E-state index contributed by atoms with van der Waals surface area (Å²) in [6, 6.07) is 3.27. The zero-order valence-electron chi connectivity index (χ0n) is 12.2. The summed E-state index contributed by atoms with van der Waals surface area (Å²) in [4.78, 5) is 0.244. The van der Waals surface area contributed by atoms with E-state index >= 15 is 0 Å². The van der Waals surface area contributed by atoms with Crippen molar-refractivity contribution in [1.29, 1.82) is 0 Å². The molecule has 1 aromatic rings. The van der Waals surface area contributed by atoms with E-state index in [9.17, 15) is 8.42 Å². The molecule has 1 N–H and O–H groups in total. The van der Waals surface area contributed by atoms with Gasteiger partial charge < -0.3 is 10.1 Å². The highest BCUT2D eigenvalue weighted by Gasteiger charge is 2.24. The summed E-state index contributed by atoms with van der Waals surface area (Å²) in [5.74, 6) is 0. The predicted molar refractivity (Wildman–Crippen MR) is 80.6 cm³/mol. The van der Waals surface area contributed by atoms with Crippen LogP contribution in [0.5, 0.6) is 0 Å². The van der Waals surface area contributed by atoms with Crippen LogP contribution in [0.3, 0.4) is 0 Å². The average Bonchev–Trinajstić information content (AvgIpc) is 2.39. The minimum atomic E-state index is -3.56. The third kappa shape index (κ3) is 3.93. The van der Waals surface area contributed by atoms with E-state index in [1.807, 2.05) is 0 Å². The summed E-state index contributed by atoms with van der Waals surface area (Å²) in [7, 11) is 1.31. The summed E-state index contributed by atoms with van der Waals surface area (Å²) in [5, 5.41) is 3.42. The highest BCUT2D eigenvalue weighted by molar-refractivity contribution is 7.89. The maximum Gasteiger partial charge on any atom is 0.243 e. The van der Waals surface area contributed by atoms with Gasteiger partial charge >= 0.3 is 0 Å². The fraction of sp³-hybridized carbons (Fsp3) is 0.538. The molecule has 0 radical (unpaired) electrons. The lowest BCUT2D eigenvalue weighted by Crippen LogP contribution is -2.30. The molecular weight excluding hydrogens is 300 g/mol. The predicted octanol–water partition coefficient (Wildman–Crippen LogP) is 1.63. The van der Waals surface area contributed by atoms with Crippen molar-refractivity contribution in [3.05, 3.63) is 28.3 Å². The molecule has 0 aliphatic carbocycles. The number of hydrogen-bond donors (Lipinski definition) is 1. The SMILES string of the molecule is CNCc1cc(Cl)cc(S(=O)(=O)N(C)CCOC)c1C. The number of rotatable bonds is 7. The lowest BCUT2D eigenvalue weighted by molar-refractivity contribution is 0.185. The van der Waals surface area contributed by atoms with Crippen LogP contribution in [0.1, 0.15) is 11.1 Å². The van der Waals surface area contributed by atoms with Crippen molar-refractivity contribution in [3.63, 3.8) is 0 Å². The van der Waals surface area contributed by atoms with E-state index in [0.29, 0.717) is 30.3 Å². The maximum absolute atomic E-state index is 12.6. The molecule has 0 aliphatic rings. The smallest absolute Gasteiger partial charge is 0.243 e. The Hall–Kier alpha value is -0.660. The molecule has 114 valence electrons. The topological polar surface area (TPSA) is 58.6 Å². The Bertz CT molecular complexity index is 561. The van der Waals surface area contributed by atoms with Gasteiger partial charge in [-0.05, 0) is 37.2 Å². The van der Waals surface area contributed by atoms with E-state index in [2.05, 4.69) is 5.32 Å². The number of hydrogen-bond acceptors (Lipinski definition) is 4. The first-order valence-corrected chi connectivity index (χ1v) is 8.05. The van der Waals surface area contributed by atoms with Crippen molar-refractivity contribution in [2.45, 2.75) is 18.4 Å². The van der Waals surface area contributed by atoms with Crippen LogP contribution in [0.25, 0.3) is 0 Å². The number of likely N-dealkylation sites (N-methyl/N-ethyl adjacent to an activating group) is 1. The largest absolute Gasteiger partial charge is 0.383 e. The second-order valence-corrected chi connectivity index (χ2v) is 6.99. The van der Waals surface area contributed by atoms with E-state index in [1.54, 1.807) is 20.0 Å². The molecule has 0 spiro atoms. The molecule has 0 heterocycles. The van der Waals surface area contributed by atoms with E-state index in [1.165, 1.54) is 24.5 Å². The molecular formula is C13H21ClN2O3S. The van der Waals surface area contributed by atoms with Gasteiger partial charge in [0, 0.05) is 32.3 Å². The van der Waals surface area contributed by atoms with Crippen LogP contribution in [-0.4, -0.2) is 47.1 Å². The van der Waals surface area contributed by atoms with Gasteiger partial charge in [-0.25, -0.2) is 8.42 Å². The number of nitrogens with zero attached hydrogens (tertiary/aromatic N) is 1. The molecule has 1 aromatic carbocycles. The van der Waals surface area contributed by atoms with Crippen molar-refractivity contribution in [3.8, 4) is 0 Å². The van der Waals surface area contributed by atoms with Crippen LogP contribution in [0.15, 0.2) is 17.0 Å². The molecule has 0 bridgehead atoms. The van der Waals surface area contributed by atoms with Gasteiger partial charge in [0.25, 0.3) is 0 Å². The molecule has 0 atom stereocenters. The summed E-state index contributed by atoms with van der Waals surface area (Å²) in [6.07, 6.45) is 0. The van der Waals surface area contributed by atoms with E-state index in [-0.39, 0.29) is 4.90 Å². The fourth-order valence-corrected chi connectivity index (χ4v) is 3.61.